The fraction of sp³-hybridized carbons (Fsp3) is 0.222. The Hall–Kier alpha value is -4.18. The van der Waals surface area contributed by atoms with E-state index in [9.17, 15) is 18.0 Å². The highest BCUT2D eigenvalue weighted by molar-refractivity contribution is 6.03. The minimum absolute atomic E-state index is 0.220. The van der Waals surface area contributed by atoms with Gasteiger partial charge >= 0.3 is 6.18 Å². The number of imidazole rings is 2. The molecule has 0 aliphatic heterocycles. The van der Waals surface area contributed by atoms with Crippen molar-refractivity contribution in [3.8, 4) is 11.1 Å². The number of carbonyl (C=O) groups excluding carboxylic acids is 1. The molecule has 3 heterocycles. The summed E-state index contributed by atoms with van der Waals surface area (Å²) >= 11 is 0. The molecule has 0 unspecified atom stereocenters. The second-order valence-corrected chi connectivity index (χ2v) is 9.25. The van der Waals surface area contributed by atoms with Crippen molar-refractivity contribution in [2.24, 2.45) is 5.92 Å². The monoisotopic (exact) mass is 506 g/mol. The van der Waals surface area contributed by atoms with Crippen LogP contribution in [0.15, 0.2) is 66.9 Å². The van der Waals surface area contributed by atoms with Gasteiger partial charge in [0.1, 0.15) is 11.3 Å². The molecule has 5 rings (SSSR count). The minimum Gasteiger partial charge on any atom is -0.324 e. The number of pyridine rings is 1. The van der Waals surface area contributed by atoms with Gasteiger partial charge in [-0.3, -0.25) is 10.1 Å². The number of benzene rings is 2. The van der Waals surface area contributed by atoms with Crippen LogP contribution in [-0.4, -0.2) is 31.8 Å². The third kappa shape index (κ3) is 5.34. The van der Waals surface area contributed by atoms with Crippen molar-refractivity contribution in [1.82, 2.24) is 24.7 Å². The largest absolute Gasteiger partial charge is 0.416 e. The number of carbonyl (C=O) groups is 1. The van der Waals surface area contributed by atoms with Crippen LogP contribution in [0.4, 0.5) is 19.1 Å². The lowest BCUT2D eigenvalue weighted by atomic mass is 10.0. The summed E-state index contributed by atoms with van der Waals surface area (Å²) in [6.45, 7) is 5.79. The maximum atomic E-state index is 13.1. The average Bonchev–Trinajstić information content (AvgIpc) is 3.47. The van der Waals surface area contributed by atoms with Gasteiger partial charge in [-0.1, -0.05) is 38.1 Å². The first-order valence-electron chi connectivity index (χ1n) is 11.8. The zero-order valence-corrected chi connectivity index (χ0v) is 20.2. The first-order chi connectivity index (χ1) is 17.7. The Kier molecular flexibility index (Phi) is 6.43. The minimum atomic E-state index is -4.42. The van der Waals surface area contributed by atoms with Gasteiger partial charge in [0.05, 0.1) is 16.6 Å². The summed E-state index contributed by atoms with van der Waals surface area (Å²) in [5.74, 6) is 0.312. The SMILES string of the molecule is CC(C)CNCc1cccc2nc(C(=O)Nc3nc4ccc(-c5cccc(C(F)(F)F)c5)cc4[nH]3)cn12. The molecule has 0 spiro atoms. The van der Waals surface area contributed by atoms with Gasteiger partial charge in [0.2, 0.25) is 5.95 Å². The number of fused-ring (bicyclic) bond motifs is 2. The molecule has 1 amide bonds. The lowest BCUT2D eigenvalue weighted by Gasteiger charge is -2.09. The topological polar surface area (TPSA) is 87.1 Å². The van der Waals surface area contributed by atoms with Crippen LogP contribution in [0.5, 0.6) is 0 Å². The molecule has 0 radical (unpaired) electrons. The zero-order chi connectivity index (χ0) is 26.2. The first kappa shape index (κ1) is 24.5. The average molecular weight is 507 g/mol. The van der Waals surface area contributed by atoms with E-state index < -0.39 is 17.6 Å². The number of nitrogens with zero attached hydrogens (tertiary/aromatic N) is 3. The van der Waals surface area contributed by atoms with E-state index in [4.69, 9.17) is 0 Å². The summed E-state index contributed by atoms with van der Waals surface area (Å²) in [6.07, 6.45) is -2.74. The highest BCUT2D eigenvalue weighted by Crippen LogP contribution is 2.33. The predicted molar refractivity (Wildman–Crippen MR) is 136 cm³/mol. The molecule has 0 atom stereocenters. The smallest absolute Gasteiger partial charge is 0.324 e. The van der Waals surface area contributed by atoms with E-state index in [-0.39, 0.29) is 11.6 Å². The van der Waals surface area contributed by atoms with Gasteiger partial charge in [-0.05, 0) is 60.0 Å². The molecule has 7 nitrogen and oxygen atoms in total. The molecule has 190 valence electrons. The highest BCUT2D eigenvalue weighted by atomic mass is 19.4. The molecule has 0 fully saturated rings. The lowest BCUT2D eigenvalue weighted by molar-refractivity contribution is -0.137. The first-order valence-corrected chi connectivity index (χ1v) is 11.8. The molecule has 0 saturated heterocycles. The van der Waals surface area contributed by atoms with E-state index in [0.717, 1.165) is 24.4 Å². The third-order valence-electron chi connectivity index (χ3n) is 5.90. The number of amides is 1. The molecule has 0 aliphatic carbocycles. The van der Waals surface area contributed by atoms with Crippen molar-refractivity contribution in [3.63, 3.8) is 0 Å². The molecular formula is C27H25F3N6O. The second kappa shape index (κ2) is 9.70. The maximum absolute atomic E-state index is 13.1. The molecule has 0 saturated carbocycles. The summed E-state index contributed by atoms with van der Waals surface area (Å²) in [5.41, 5.74) is 3.34. The van der Waals surface area contributed by atoms with Crippen molar-refractivity contribution in [1.29, 1.82) is 0 Å². The summed E-state index contributed by atoms with van der Waals surface area (Å²) in [7, 11) is 0. The number of aromatic nitrogens is 4. The Balaban J connectivity index is 1.36. The van der Waals surface area contributed by atoms with Gasteiger partial charge in [-0.2, -0.15) is 13.2 Å². The molecule has 0 bridgehead atoms. The number of aromatic amines is 1. The number of H-pyrrole nitrogens is 1. The predicted octanol–water partition coefficient (Wildman–Crippen LogP) is 5.89. The van der Waals surface area contributed by atoms with Crippen LogP contribution in [0.2, 0.25) is 0 Å². The van der Waals surface area contributed by atoms with Crippen LogP contribution >= 0.6 is 0 Å². The van der Waals surface area contributed by atoms with E-state index in [1.165, 1.54) is 6.07 Å². The fourth-order valence-electron chi connectivity index (χ4n) is 4.11. The summed E-state index contributed by atoms with van der Waals surface area (Å²) in [4.78, 5) is 24.8. The standard InChI is InChI=1S/C27H25F3N6O/c1-16(2)13-31-14-20-7-4-8-24-32-23(15-36(20)24)25(37)35-26-33-21-10-9-18(12-22(21)34-26)17-5-3-6-19(11-17)27(28,29)30/h3-12,15-16,31H,13-14H2,1-2H3,(H2,33,34,35,37). The van der Waals surface area contributed by atoms with Gasteiger partial charge < -0.3 is 14.7 Å². The maximum Gasteiger partial charge on any atom is 0.416 e. The Labute approximate surface area is 210 Å². The summed E-state index contributed by atoms with van der Waals surface area (Å²) in [6, 6.07) is 15.9. The number of anilines is 1. The molecule has 10 heteroatoms. The second-order valence-electron chi connectivity index (χ2n) is 9.25. The van der Waals surface area contributed by atoms with E-state index in [2.05, 4.69) is 39.4 Å². The number of nitrogens with one attached hydrogen (secondary N) is 3. The molecular weight excluding hydrogens is 481 g/mol. The van der Waals surface area contributed by atoms with Crippen molar-refractivity contribution < 1.29 is 18.0 Å². The lowest BCUT2D eigenvalue weighted by Crippen LogP contribution is -2.20. The number of hydrogen-bond acceptors (Lipinski definition) is 4. The van der Waals surface area contributed by atoms with Gasteiger partial charge in [0.15, 0.2) is 0 Å². The van der Waals surface area contributed by atoms with Crippen LogP contribution < -0.4 is 10.6 Å². The van der Waals surface area contributed by atoms with Crippen LogP contribution in [-0.2, 0) is 12.7 Å². The van der Waals surface area contributed by atoms with Crippen LogP contribution in [0.25, 0.3) is 27.8 Å². The van der Waals surface area contributed by atoms with Gasteiger partial charge in [0, 0.05) is 18.4 Å². The molecule has 3 aromatic heterocycles. The van der Waals surface area contributed by atoms with Crippen LogP contribution in [0.1, 0.15) is 35.6 Å². The summed E-state index contributed by atoms with van der Waals surface area (Å²) < 4.78 is 41.2. The Morgan fingerprint density at radius 3 is 2.59 bits per heavy atom. The van der Waals surface area contributed by atoms with Crippen LogP contribution in [0.3, 0.4) is 0 Å². The van der Waals surface area contributed by atoms with Crippen molar-refractivity contribution in [3.05, 3.63) is 83.8 Å². The Bertz CT molecular complexity index is 1580. The third-order valence-corrected chi connectivity index (χ3v) is 5.90. The van der Waals surface area contributed by atoms with Gasteiger partial charge in [-0.25, -0.2) is 9.97 Å². The van der Waals surface area contributed by atoms with Crippen molar-refractivity contribution in [2.75, 3.05) is 11.9 Å². The number of halogens is 3. The Morgan fingerprint density at radius 1 is 1.03 bits per heavy atom. The number of hydrogen-bond donors (Lipinski definition) is 3. The van der Waals surface area contributed by atoms with E-state index in [0.29, 0.717) is 40.3 Å². The fourth-order valence-corrected chi connectivity index (χ4v) is 4.11. The Morgan fingerprint density at radius 2 is 1.81 bits per heavy atom. The van der Waals surface area contributed by atoms with Crippen molar-refractivity contribution in [2.45, 2.75) is 26.6 Å². The molecule has 2 aromatic carbocycles. The molecule has 0 aliphatic rings. The van der Waals surface area contributed by atoms with Crippen molar-refractivity contribution >= 4 is 28.5 Å². The highest BCUT2D eigenvalue weighted by Gasteiger charge is 2.30. The van der Waals surface area contributed by atoms with Gasteiger partial charge in [-0.15, -0.1) is 0 Å². The van der Waals surface area contributed by atoms with E-state index >= 15 is 0 Å². The summed E-state index contributed by atoms with van der Waals surface area (Å²) in [5, 5.41) is 6.12. The molecule has 5 aromatic rings. The van der Waals surface area contributed by atoms with E-state index in [1.807, 2.05) is 22.6 Å². The van der Waals surface area contributed by atoms with Gasteiger partial charge in [0.25, 0.3) is 5.91 Å². The molecule has 3 N–H and O–H groups in total. The van der Waals surface area contributed by atoms with E-state index in [1.54, 1.807) is 30.5 Å². The van der Waals surface area contributed by atoms with Crippen LogP contribution in [0, 0.1) is 5.92 Å². The number of alkyl halides is 3. The number of rotatable bonds is 7. The quantitative estimate of drug-likeness (QED) is 0.257. The zero-order valence-electron chi connectivity index (χ0n) is 20.2. The molecule has 37 heavy (non-hydrogen) atoms. The normalized spacial score (nSPS) is 12.1.